The Bertz CT molecular complexity index is 1060. The van der Waals surface area contributed by atoms with Crippen molar-refractivity contribution in [2.24, 2.45) is 0 Å². The summed E-state index contributed by atoms with van der Waals surface area (Å²) in [4.78, 5) is 13.9. The lowest BCUT2D eigenvalue weighted by atomic mass is 10.1. The second kappa shape index (κ2) is 10.2. The molecule has 3 heterocycles. The Balaban J connectivity index is 0.00000306. The van der Waals surface area contributed by atoms with Gasteiger partial charge in [0.05, 0.1) is 44.7 Å². The van der Waals surface area contributed by atoms with Crippen LogP contribution in [0.15, 0.2) is 30.5 Å². The van der Waals surface area contributed by atoms with Gasteiger partial charge in [-0.25, -0.2) is 18.4 Å². The van der Waals surface area contributed by atoms with Gasteiger partial charge in [0.15, 0.2) is 0 Å². The first kappa shape index (κ1) is 25.8. The first-order chi connectivity index (χ1) is 15.2. The molecular weight excluding hydrogens is 508 g/mol. The van der Waals surface area contributed by atoms with Crippen LogP contribution in [-0.2, 0) is 23.1 Å². The summed E-state index contributed by atoms with van der Waals surface area (Å²) in [6.45, 7) is 9.06. The molecule has 0 saturated carbocycles. The maximum absolute atomic E-state index is 11.4. The number of nitrogens with one attached hydrogen (secondary N) is 1. The van der Waals surface area contributed by atoms with Gasteiger partial charge >= 0.3 is 0 Å². The smallest absolute Gasteiger partial charge is 0.229 e. The van der Waals surface area contributed by atoms with E-state index in [1.165, 1.54) is 5.56 Å². The molecule has 2 aliphatic rings. The highest BCUT2D eigenvalue weighted by Gasteiger charge is 2.35. The summed E-state index contributed by atoms with van der Waals surface area (Å²) in [6, 6.07) is 6.96. The molecule has 1 unspecified atom stereocenters. The zero-order valence-electron chi connectivity index (χ0n) is 19.4. The molecule has 182 valence electrons. The fourth-order valence-corrected chi connectivity index (χ4v) is 5.20. The van der Waals surface area contributed by atoms with Crippen LogP contribution in [0.1, 0.15) is 29.8 Å². The Morgan fingerprint density at radius 2 is 1.85 bits per heavy atom. The lowest BCUT2D eigenvalue weighted by Gasteiger charge is -2.45. The van der Waals surface area contributed by atoms with E-state index in [4.69, 9.17) is 4.98 Å². The van der Waals surface area contributed by atoms with E-state index in [9.17, 15) is 13.5 Å². The maximum atomic E-state index is 11.4. The zero-order chi connectivity index (χ0) is 22.9. The number of aliphatic hydroxyl groups is 1. The number of rotatable bonds is 7. The molecule has 0 spiro atoms. The Kier molecular flexibility index (Phi) is 8.00. The molecule has 1 atom stereocenters. The molecule has 1 saturated heterocycles. The van der Waals surface area contributed by atoms with Crippen LogP contribution >= 0.6 is 0 Å². The van der Waals surface area contributed by atoms with Crippen LogP contribution < -0.4 is 26.6 Å². The summed E-state index contributed by atoms with van der Waals surface area (Å²) in [5, 5.41) is 10.9. The molecule has 2 aromatic rings. The standard InChI is InChI=1S/C22H33N6O3S.BrH/c1-4-28(16-21(29)17-5-7-19(8-6-17)25-32(3,30)31)11-9-27(10-12-28)22-23-13-18-14-26(2)15-20(18)24-22;/h5-8,13,21,25,29H,4,9-12,14-16H2,1-3H3;1H/q+1;/p-1. The maximum Gasteiger partial charge on any atom is 0.229 e. The van der Waals surface area contributed by atoms with Crippen molar-refractivity contribution >= 4 is 21.7 Å². The second-order valence-electron chi connectivity index (χ2n) is 9.10. The molecule has 2 aliphatic heterocycles. The van der Waals surface area contributed by atoms with E-state index in [1.54, 1.807) is 24.3 Å². The average molecular weight is 542 g/mol. The number of sulfonamides is 1. The second-order valence-corrected chi connectivity index (χ2v) is 10.8. The third-order valence-electron chi connectivity index (χ3n) is 6.60. The summed E-state index contributed by atoms with van der Waals surface area (Å²) in [5.41, 5.74) is 3.64. The van der Waals surface area contributed by atoms with Crippen LogP contribution in [-0.4, -0.2) is 85.4 Å². The summed E-state index contributed by atoms with van der Waals surface area (Å²) < 4.78 is 26.0. The number of hydrogen-bond donors (Lipinski definition) is 2. The van der Waals surface area contributed by atoms with Crippen molar-refractivity contribution in [3.63, 3.8) is 0 Å². The number of fused-ring (bicyclic) bond motifs is 1. The van der Waals surface area contributed by atoms with E-state index in [1.807, 2.05) is 6.20 Å². The van der Waals surface area contributed by atoms with Crippen molar-refractivity contribution in [1.29, 1.82) is 0 Å². The number of piperazine rings is 1. The number of nitrogens with zero attached hydrogens (tertiary/aromatic N) is 5. The highest BCUT2D eigenvalue weighted by atomic mass is 79.9. The van der Waals surface area contributed by atoms with E-state index < -0.39 is 16.1 Å². The number of aromatic nitrogens is 2. The zero-order valence-corrected chi connectivity index (χ0v) is 21.8. The van der Waals surface area contributed by atoms with Crippen LogP contribution in [0.5, 0.6) is 0 Å². The number of likely N-dealkylation sites (N-methyl/N-ethyl adjacent to an activating group) is 1. The number of hydrogen-bond acceptors (Lipinski definition) is 7. The SMILES string of the molecule is CC[N+]1(CC(O)c2ccc(NS(C)(=O)=O)cc2)CCN(c2ncc3c(n2)CN(C)C3)CC1.[Br-]. The Morgan fingerprint density at radius 3 is 2.45 bits per heavy atom. The van der Waals surface area contributed by atoms with Crippen molar-refractivity contribution in [3.8, 4) is 0 Å². The Morgan fingerprint density at radius 1 is 1.18 bits per heavy atom. The lowest BCUT2D eigenvalue weighted by Crippen LogP contribution is -3.00. The van der Waals surface area contributed by atoms with Gasteiger partial charge in [-0.3, -0.25) is 9.62 Å². The van der Waals surface area contributed by atoms with Gasteiger partial charge in [0.2, 0.25) is 16.0 Å². The molecule has 4 rings (SSSR count). The first-order valence-corrected chi connectivity index (χ1v) is 12.9. The number of anilines is 2. The molecule has 1 aromatic heterocycles. The summed E-state index contributed by atoms with van der Waals surface area (Å²) in [5.74, 6) is 0.808. The van der Waals surface area contributed by atoms with Crippen LogP contribution in [0.3, 0.4) is 0 Å². The molecule has 0 bridgehead atoms. The molecule has 0 radical (unpaired) electrons. The van der Waals surface area contributed by atoms with Gasteiger partial charge in [-0.05, 0) is 31.7 Å². The highest BCUT2D eigenvalue weighted by molar-refractivity contribution is 7.92. The summed E-state index contributed by atoms with van der Waals surface area (Å²) in [7, 11) is -1.22. The van der Waals surface area contributed by atoms with Gasteiger partial charge in [-0.1, -0.05) is 12.1 Å². The number of halogens is 1. The molecule has 11 heteroatoms. The third kappa shape index (κ3) is 6.21. The van der Waals surface area contributed by atoms with Crippen molar-refractivity contribution in [2.75, 3.05) is 62.2 Å². The molecule has 9 nitrogen and oxygen atoms in total. The Hall–Kier alpha value is -1.79. The van der Waals surface area contributed by atoms with Gasteiger partial charge in [0.1, 0.15) is 12.6 Å². The lowest BCUT2D eigenvalue weighted by molar-refractivity contribution is -0.930. The molecule has 33 heavy (non-hydrogen) atoms. The van der Waals surface area contributed by atoms with Crippen molar-refractivity contribution in [1.82, 2.24) is 14.9 Å². The van der Waals surface area contributed by atoms with Gasteiger partial charge in [0, 0.05) is 30.5 Å². The quantitative estimate of drug-likeness (QED) is 0.399. The van der Waals surface area contributed by atoms with Crippen LogP contribution in [0, 0.1) is 0 Å². The minimum atomic E-state index is -3.31. The van der Waals surface area contributed by atoms with E-state index in [0.29, 0.717) is 12.2 Å². The fraction of sp³-hybridized carbons (Fsp3) is 0.545. The van der Waals surface area contributed by atoms with Gasteiger partial charge in [-0.15, -0.1) is 0 Å². The van der Waals surface area contributed by atoms with Crippen molar-refractivity contribution < 1.29 is 35.0 Å². The summed E-state index contributed by atoms with van der Waals surface area (Å²) in [6.07, 6.45) is 2.47. The van der Waals surface area contributed by atoms with Crippen molar-refractivity contribution in [2.45, 2.75) is 26.1 Å². The molecule has 2 N–H and O–H groups in total. The number of quaternary nitrogens is 1. The van der Waals surface area contributed by atoms with E-state index in [0.717, 1.165) is 73.8 Å². The third-order valence-corrected chi connectivity index (χ3v) is 7.21. The number of aliphatic hydroxyl groups excluding tert-OH is 1. The highest BCUT2D eigenvalue weighted by Crippen LogP contribution is 2.26. The van der Waals surface area contributed by atoms with Crippen LogP contribution in [0.4, 0.5) is 11.6 Å². The minimum Gasteiger partial charge on any atom is -1.00 e. The average Bonchev–Trinajstić information content (AvgIpc) is 3.12. The first-order valence-electron chi connectivity index (χ1n) is 11.1. The minimum absolute atomic E-state index is 0. The van der Waals surface area contributed by atoms with Crippen LogP contribution in [0.2, 0.25) is 0 Å². The van der Waals surface area contributed by atoms with E-state index in [-0.39, 0.29) is 17.0 Å². The van der Waals surface area contributed by atoms with Crippen LogP contribution in [0.25, 0.3) is 0 Å². The molecular formula is C22H33BrN6O3S. The fourth-order valence-electron chi connectivity index (χ4n) is 4.63. The predicted octanol–water partition coefficient (Wildman–Crippen LogP) is -1.81. The molecule has 0 aliphatic carbocycles. The van der Waals surface area contributed by atoms with Crippen molar-refractivity contribution in [3.05, 3.63) is 47.3 Å². The monoisotopic (exact) mass is 540 g/mol. The van der Waals surface area contributed by atoms with Gasteiger partial charge < -0.3 is 31.5 Å². The molecule has 0 amide bonds. The predicted molar refractivity (Wildman–Crippen MR) is 125 cm³/mol. The van der Waals surface area contributed by atoms with Gasteiger partial charge in [-0.2, -0.15) is 0 Å². The Labute approximate surface area is 206 Å². The number of benzene rings is 1. The van der Waals surface area contributed by atoms with E-state index in [2.05, 4.69) is 33.5 Å². The largest absolute Gasteiger partial charge is 1.00 e. The summed E-state index contributed by atoms with van der Waals surface area (Å²) >= 11 is 0. The van der Waals surface area contributed by atoms with Gasteiger partial charge in [0.25, 0.3) is 0 Å². The topological polar surface area (TPSA) is 98.7 Å². The molecule has 1 aromatic carbocycles. The molecule has 1 fully saturated rings. The van der Waals surface area contributed by atoms with E-state index >= 15 is 0 Å². The normalized spacial score (nSPS) is 19.0.